The molecule has 0 saturated carbocycles. The van der Waals surface area contributed by atoms with E-state index >= 15 is 0 Å². The highest BCUT2D eigenvalue weighted by atomic mass is 79.9. The van der Waals surface area contributed by atoms with Crippen LogP contribution in [0.15, 0.2) is 51.4 Å². The van der Waals surface area contributed by atoms with Gasteiger partial charge in [0, 0.05) is 9.35 Å². The zero-order chi connectivity index (χ0) is 13.7. The molecule has 3 nitrogen and oxygen atoms in total. The van der Waals surface area contributed by atoms with Crippen LogP contribution in [0.3, 0.4) is 0 Å². The first-order valence-corrected chi connectivity index (χ1v) is 7.44. The molecule has 0 aliphatic rings. The Morgan fingerprint density at radius 2 is 2.05 bits per heavy atom. The predicted molar refractivity (Wildman–Crippen MR) is 82.5 cm³/mol. The average Bonchev–Trinajstić information content (AvgIpc) is 2.93. The Morgan fingerprint density at radius 1 is 1.32 bits per heavy atom. The monoisotopic (exact) mass is 336 g/mol. The summed E-state index contributed by atoms with van der Waals surface area (Å²) in [6.07, 6.45) is 0.328. The van der Waals surface area contributed by atoms with E-state index in [0.717, 1.165) is 20.6 Å². The number of carbonyl (C=O) groups excluding carboxylic acids is 1. The van der Waals surface area contributed by atoms with E-state index in [2.05, 4.69) is 26.5 Å². The second kappa shape index (κ2) is 6.63. The van der Waals surface area contributed by atoms with Crippen molar-refractivity contribution < 1.29 is 4.79 Å². The molecule has 0 atom stereocenters. The molecule has 5 heteroatoms. The van der Waals surface area contributed by atoms with E-state index in [0.29, 0.717) is 6.42 Å². The fourth-order valence-corrected chi connectivity index (χ4v) is 2.45. The van der Waals surface area contributed by atoms with Crippen molar-refractivity contribution in [2.75, 3.05) is 0 Å². The first kappa shape index (κ1) is 14.0. The Morgan fingerprint density at radius 3 is 2.68 bits per heavy atom. The van der Waals surface area contributed by atoms with Crippen LogP contribution < -0.4 is 5.43 Å². The van der Waals surface area contributed by atoms with E-state index in [1.165, 1.54) is 0 Å². The summed E-state index contributed by atoms with van der Waals surface area (Å²) < 4.78 is 1.00. The number of rotatable bonds is 4. The maximum Gasteiger partial charge on any atom is 0.244 e. The van der Waals surface area contributed by atoms with Gasteiger partial charge in [0.1, 0.15) is 0 Å². The maximum atomic E-state index is 11.7. The minimum absolute atomic E-state index is 0.113. The van der Waals surface area contributed by atoms with Crippen LogP contribution in [0, 0.1) is 0 Å². The minimum Gasteiger partial charge on any atom is -0.273 e. The number of nitrogens with zero attached hydrogens (tertiary/aromatic N) is 1. The van der Waals surface area contributed by atoms with E-state index in [9.17, 15) is 4.79 Å². The van der Waals surface area contributed by atoms with Crippen LogP contribution >= 0.6 is 27.3 Å². The quantitative estimate of drug-likeness (QED) is 0.672. The first-order chi connectivity index (χ1) is 9.15. The summed E-state index contributed by atoms with van der Waals surface area (Å²) in [5.41, 5.74) is 4.36. The molecule has 1 heterocycles. The number of benzene rings is 1. The molecule has 0 bridgehead atoms. The number of thiophene rings is 1. The lowest BCUT2D eigenvalue weighted by molar-refractivity contribution is -0.120. The molecule has 0 fully saturated rings. The third-order valence-corrected chi connectivity index (χ3v) is 4.01. The van der Waals surface area contributed by atoms with Crippen LogP contribution in [0.4, 0.5) is 0 Å². The molecule has 0 saturated heterocycles. The van der Waals surface area contributed by atoms with Gasteiger partial charge < -0.3 is 0 Å². The number of nitrogens with one attached hydrogen (secondary N) is 1. The Labute approximate surface area is 124 Å². The van der Waals surface area contributed by atoms with Gasteiger partial charge in [0.2, 0.25) is 5.91 Å². The molecule has 2 rings (SSSR count). The van der Waals surface area contributed by atoms with Gasteiger partial charge in [0.05, 0.1) is 12.1 Å². The molecule has 2 aromatic rings. The molecule has 98 valence electrons. The summed E-state index contributed by atoms with van der Waals surface area (Å²) in [6.45, 7) is 1.88. The topological polar surface area (TPSA) is 41.5 Å². The van der Waals surface area contributed by atoms with E-state index < -0.39 is 0 Å². The minimum atomic E-state index is -0.113. The highest BCUT2D eigenvalue weighted by Gasteiger charge is 2.03. The van der Waals surface area contributed by atoms with Crippen LogP contribution in [0.5, 0.6) is 0 Å². The van der Waals surface area contributed by atoms with Gasteiger partial charge in [-0.1, -0.05) is 34.1 Å². The Kier molecular flexibility index (Phi) is 4.87. The van der Waals surface area contributed by atoms with Crippen molar-refractivity contribution in [3.8, 4) is 0 Å². The smallest absolute Gasteiger partial charge is 0.244 e. The lowest BCUT2D eigenvalue weighted by atomic mass is 10.1. The zero-order valence-electron chi connectivity index (χ0n) is 10.4. The summed E-state index contributed by atoms with van der Waals surface area (Å²) in [5.74, 6) is -0.113. The molecule has 19 heavy (non-hydrogen) atoms. The molecule has 0 spiro atoms. The van der Waals surface area contributed by atoms with Gasteiger partial charge in [0.25, 0.3) is 0 Å². The maximum absolute atomic E-state index is 11.7. The third-order valence-electron chi connectivity index (χ3n) is 2.50. The van der Waals surface area contributed by atoms with Gasteiger partial charge in [-0.2, -0.15) is 5.10 Å². The molecule has 0 unspecified atom stereocenters. The summed E-state index contributed by atoms with van der Waals surface area (Å²) >= 11 is 4.96. The van der Waals surface area contributed by atoms with E-state index in [1.807, 2.05) is 48.7 Å². The Bertz CT molecular complexity index is 576. The van der Waals surface area contributed by atoms with Gasteiger partial charge >= 0.3 is 0 Å². The Hall–Kier alpha value is -1.46. The summed E-state index contributed by atoms with van der Waals surface area (Å²) in [7, 11) is 0. The van der Waals surface area contributed by atoms with Gasteiger partial charge in [-0.25, -0.2) is 5.43 Å². The highest BCUT2D eigenvalue weighted by molar-refractivity contribution is 9.10. The van der Waals surface area contributed by atoms with Gasteiger partial charge in [-0.05, 0) is 36.1 Å². The lowest BCUT2D eigenvalue weighted by Crippen LogP contribution is -2.21. The molecule has 0 aliphatic heterocycles. The molecule has 1 aromatic carbocycles. The van der Waals surface area contributed by atoms with Crippen LogP contribution in [0.2, 0.25) is 0 Å². The van der Waals surface area contributed by atoms with E-state index in [4.69, 9.17) is 0 Å². The van der Waals surface area contributed by atoms with Gasteiger partial charge in [-0.15, -0.1) is 11.3 Å². The molecular weight excluding hydrogens is 324 g/mol. The van der Waals surface area contributed by atoms with Crippen LogP contribution in [-0.4, -0.2) is 11.6 Å². The number of amides is 1. The number of carbonyl (C=O) groups is 1. The largest absolute Gasteiger partial charge is 0.273 e. The van der Waals surface area contributed by atoms with Crippen molar-refractivity contribution in [1.29, 1.82) is 0 Å². The first-order valence-electron chi connectivity index (χ1n) is 5.76. The molecule has 1 aromatic heterocycles. The molecule has 0 radical (unpaired) electrons. The Balaban J connectivity index is 1.91. The summed E-state index contributed by atoms with van der Waals surface area (Å²) in [5, 5.41) is 6.08. The molecular formula is C14H13BrN2OS. The molecule has 1 amide bonds. The predicted octanol–water partition coefficient (Wildman–Crippen LogP) is 3.59. The average molecular weight is 337 g/mol. The second-order valence-electron chi connectivity index (χ2n) is 4.01. The molecule has 0 aliphatic carbocycles. The molecule has 1 N–H and O–H groups in total. The number of hydrogen-bond donors (Lipinski definition) is 1. The van der Waals surface area contributed by atoms with Crippen molar-refractivity contribution in [3.05, 3.63) is 56.7 Å². The van der Waals surface area contributed by atoms with Crippen molar-refractivity contribution in [2.45, 2.75) is 13.3 Å². The van der Waals surface area contributed by atoms with Crippen molar-refractivity contribution >= 4 is 38.9 Å². The van der Waals surface area contributed by atoms with Gasteiger partial charge in [-0.3, -0.25) is 4.79 Å². The lowest BCUT2D eigenvalue weighted by Gasteiger charge is -2.02. The number of hydrogen-bond acceptors (Lipinski definition) is 3. The fraction of sp³-hybridized carbons (Fsp3) is 0.143. The second-order valence-corrected chi connectivity index (χ2v) is 5.88. The third kappa shape index (κ3) is 4.29. The van der Waals surface area contributed by atoms with Crippen LogP contribution in [0.1, 0.15) is 17.4 Å². The van der Waals surface area contributed by atoms with Crippen molar-refractivity contribution in [1.82, 2.24) is 5.43 Å². The van der Waals surface area contributed by atoms with Crippen LogP contribution in [-0.2, 0) is 11.2 Å². The standard InChI is InChI=1S/C14H13BrN2OS/c1-10(13-3-2-8-19-13)16-17-14(18)9-11-4-6-12(15)7-5-11/h2-8H,9H2,1H3,(H,17,18)/b16-10-. The van der Waals surface area contributed by atoms with Crippen molar-refractivity contribution in [2.24, 2.45) is 5.10 Å². The summed E-state index contributed by atoms with van der Waals surface area (Å²) in [6, 6.07) is 11.6. The SMILES string of the molecule is C/C(=N/NC(=O)Cc1ccc(Br)cc1)c1cccs1. The zero-order valence-corrected chi connectivity index (χ0v) is 12.8. The van der Waals surface area contributed by atoms with Crippen molar-refractivity contribution in [3.63, 3.8) is 0 Å². The van der Waals surface area contributed by atoms with Gasteiger partial charge in [0.15, 0.2) is 0 Å². The summed E-state index contributed by atoms with van der Waals surface area (Å²) in [4.78, 5) is 12.8. The van der Waals surface area contributed by atoms with E-state index in [1.54, 1.807) is 11.3 Å². The highest BCUT2D eigenvalue weighted by Crippen LogP contribution is 2.11. The normalized spacial score (nSPS) is 11.4. The van der Waals surface area contributed by atoms with E-state index in [-0.39, 0.29) is 5.91 Å². The number of halogens is 1. The van der Waals surface area contributed by atoms with Crippen LogP contribution in [0.25, 0.3) is 0 Å². The fourth-order valence-electron chi connectivity index (χ4n) is 1.51. The number of hydrazone groups is 1.